The van der Waals surface area contributed by atoms with Crippen LogP contribution in [0.5, 0.6) is 0 Å². The van der Waals surface area contributed by atoms with Crippen LogP contribution in [0.3, 0.4) is 0 Å². The second-order valence-electron chi connectivity index (χ2n) is 5.05. The molecule has 0 unspecified atom stereocenters. The smallest absolute Gasteiger partial charge is 0.252 e. The Balaban J connectivity index is 1.80. The number of carbonyl (C=O) groups is 3. The van der Waals surface area contributed by atoms with Crippen molar-refractivity contribution in [2.75, 3.05) is 19.6 Å². The molecule has 1 heterocycles. The standard InChI is InChI=1S/C15H16BrFN2O3/c16-13-2-1-10(17)9-12(13)15(22)18-6-3-14(21)19-7-4-11(20)5-8-19/h1-2,9H,3-8H2,(H,18,22). The lowest BCUT2D eigenvalue weighted by Crippen LogP contribution is -2.40. The zero-order chi connectivity index (χ0) is 16.1. The zero-order valence-corrected chi connectivity index (χ0v) is 13.5. The highest BCUT2D eigenvalue weighted by atomic mass is 79.9. The molecule has 1 aromatic rings. The maximum Gasteiger partial charge on any atom is 0.252 e. The van der Waals surface area contributed by atoms with Crippen LogP contribution >= 0.6 is 15.9 Å². The summed E-state index contributed by atoms with van der Waals surface area (Å²) in [5.74, 6) is -0.852. The Morgan fingerprint density at radius 1 is 1.27 bits per heavy atom. The minimum absolute atomic E-state index is 0.0916. The summed E-state index contributed by atoms with van der Waals surface area (Å²) in [6.07, 6.45) is 0.954. The molecule has 7 heteroatoms. The van der Waals surface area contributed by atoms with Gasteiger partial charge >= 0.3 is 0 Å². The average Bonchev–Trinajstić information content (AvgIpc) is 2.50. The number of ketones is 1. The number of amides is 2. The lowest BCUT2D eigenvalue weighted by Gasteiger charge is -2.26. The second kappa shape index (κ2) is 7.49. The van der Waals surface area contributed by atoms with Gasteiger partial charge in [0, 0.05) is 43.4 Å². The number of piperidine rings is 1. The molecule has 5 nitrogen and oxygen atoms in total. The number of rotatable bonds is 4. The first-order valence-electron chi connectivity index (χ1n) is 7.00. The van der Waals surface area contributed by atoms with Gasteiger partial charge in [0.2, 0.25) is 5.91 Å². The molecule has 1 fully saturated rings. The highest BCUT2D eigenvalue weighted by Gasteiger charge is 2.20. The maximum absolute atomic E-state index is 13.1. The molecule has 0 radical (unpaired) electrons. The largest absolute Gasteiger partial charge is 0.351 e. The van der Waals surface area contributed by atoms with E-state index in [1.54, 1.807) is 4.90 Å². The van der Waals surface area contributed by atoms with Crippen molar-refractivity contribution >= 4 is 33.5 Å². The molecule has 1 aromatic carbocycles. The van der Waals surface area contributed by atoms with E-state index in [4.69, 9.17) is 0 Å². The second-order valence-corrected chi connectivity index (χ2v) is 5.90. The maximum atomic E-state index is 13.1. The van der Waals surface area contributed by atoms with Gasteiger partial charge in [-0.3, -0.25) is 14.4 Å². The van der Waals surface area contributed by atoms with E-state index in [0.717, 1.165) is 6.07 Å². The molecule has 0 aromatic heterocycles. The molecule has 0 saturated carbocycles. The third-order valence-electron chi connectivity index (χ3n) is 3.47. The molecule has 0 aliphatic carbocycles. The van der Waals surface area contributed by atoms with Crippen LogP contribution < -0.4 is 5.32 Å². The Labute approximate surface area is 136 Å². The predicted octanol–water partition coefficient (Wildman–Crippen LogP) is 1.90. The summed E-state index contributed by atoms with van der Waals surface area (Å²) in [4.78, 5) is 36.6. The third kappa shape index (κ3) is 4.37. The number of hydrogen-bond donors (Lipinski definition) is 1. The zero-order valence-electron chi connectivity index (χ0n) is 11.9. The SMILES string of the molecule is O=C1CCN(C(=O)CCNC(=O)c2cc(F)ccc2Br)CC1. The summed E-state index contributed by atoms with van der Waals surface area (Å²) in [7, 11) is 0. The predicted molar refractivity (Wildman–Crippen MR) is 81.9 cm³/mol. The van der Waals surface area contributed by atoms with Gasteiger partial charge in [-0.05, 0) is 34.1 Å². The molecule has 0 atom stereocenters. The van der Waals surface area contributed by atoms with Crippen molar-refractivity contribution in [3.8, 4) is 0 Å². The Morgan fingerprint density at radius 2 is 1.95 bits per heavy atom. The molecule has 1 N–H and O–H groups in total. The fraction of sp³-hybridized carbons (Fsp3) is 0.400. The number of nitrogens with zero attached hydrogens (tertiary/aromatic N) is 1. The highest BCUT2D eigenvalue weighted by Crippen LogP contribution is 2.17. The number of Topliss-reactive ketones (excluding diaryl/α,β-unsaturated/α-hetero) is 1. The van der Waals surface area contributed by atoms with Crippen LogP contribution in [0.25, 0.3) is 0 Å². The Bertz CT molecular complexity index is 596. The van der Waals surface area contributed by atoms with Crippen LogP contribution in [-0.4, -0.2) is 42.1 Å². The van der Waals surface area contributed by atoms with Gasteiger partial charge in [-0.15, -0.1) is 0 Å². The Morgan fingerprint density at radius 3 is 2.64 bits per heavy atom. The molecule has 1 saturated heterocycles. The van der Waals surface area contributed by atoms with E-state index >= 15 is 0 Å². The summed E-state index contributed by atoms with van der Waals surface area (Å²) in [5, 5.41) is 2.60. The molecule has 0 spiro atoms. The van der Waals surface area contributed by atoms with Crippen LogP contribution in [0.1, 0.15) is 29.6 Å². The fourth-order valence-corrected chi connectivity index (χ4v) is 2.64. The summed E-state index contributed by atoms with van der Waals surface area (Å²) >= 11 is 3.19. The Hall–Kier alpha value is -1.76. The topological polar surface area (TPSA) is 66.5 Å². The molecular formula is C15H16BrFN2O3. The first kappa shape index (κ1) is 16.6. The first-order chi connectivity index (χ1) is 10.5. The lowest BCUT2D eigenvalue weighted by atomic mass is 10.1. The third-order valence-corrected chi connectivity index (χ3v) is 4.16. The molecule has 2 amide bonds. The van der Waals surface area contributed by atoms with Crippen molar-refractivity contribution in [2.24, 2.45) is 0 Å². The minimum Gasteiger partial charge on any atom is -0.351 e. The summed E-state index contributed by atoms with van der Waals surface area (Å²) < 4.78 is 13.6. The van der Waals surface area contributed by atoms with Crippen molar-refractivity contribution in [1.29, 1.82) is 0 Å². The summed E-state index contributed by atoms with van der Waals surface area (Å²) in [6.45, 7) is 1.06. The molecule has 118 valence electrons. The number of benzene rings is 1. The van der Waals surface area contributed by atoms with Gasteiger partial charge in [0.25, 0.3) is 5.91 Å². The number of likely N-dealkylation sites (tertiary alicyclic amines) is 1. The number of hydrogen-bond acceptors (Lipinski definition) is 3. The Kier molecular flexibility index (Phi) is 5.65. The van der Waals surface area contributed by atoms with E-state index in [9.17, 15) is 18.8 Å². The van der Waals surface area contributed by atoms with Gasteiger partial charge in [0.05, 0.1) is 5.56 Å². The van der Waals surface area contributed by atoms with Crippen molar-refractivity contribution < 1.29 is 18.8 Å². The van der Waals surface area contributed by atoms with Crippen LogP contribution in [0.15, 0.2) is 22.7 Å². The molecule has 1 aliphatic heterocycles. The van der Waals surface area contributed by atoms with Crippen LogP contribution in [0.4, 0.5) is 4.39 Å². The highest BCUT2D eigenvalue weighted by molar-refractivity contribution is 9.10. The van der Waals surface area contributed by atoms with E-state index < -0.39 is 11.7 Å². The van der Waals surface area contributed by atoms with Crippen molar-refractivity contribution in [3.05, 3.63) is 34.1 Å². The fourth-order valence-electron chi connectivity index (χ4n) is 2.21. The minimum atomic E-state index is -0.498. The van der Waals surface area contributed by atoms with Crippen LogP contribution in [-0.2, 0) is 9.59 Å². The molecule has 22 heavy (non-hydrogen) atoms. The first-order valence-corrected chi connectivity index (χ1v) is 7.79. The molecular weight excluding hydrogens is 355 g/mol. The summed E-state index contributed by atoms with van der Waals surface area (Å²) in [5.41, 5.74) is 0.191. The molecule has 0 bridgehead atoms. The van der Waals surface area contributed by atoms with E-state index in [0.29, 0.717) is 30.4 Å². The van der Waals surface area contributed by atoms with Crippen molar-refractivity contribution in [3.63, 3.8) is 0 Å². The normalized spacial score (nSPS) is 14.8. The van der Waals surface area contributed by atoms with Gasteiger partial charge in [-0.2, -0.15) is 0 Å². The van der Waals surface area contributed by atoms with E-state index in [-0.39, 0.29) is 30.2 Å². The van der Waals surface area contributed by atoms with Gasteiger partial charge in [0.15, 0.2) is 0 Å². The van der Waals surface area contributed by atoms with Crippen molar-refractivity contribution in [1.82, 2.24) is 10.2 Å². The van der Waals surface area contributed by atoms with Gasteiger partial charge in [0.1, 0.15) is 11.6 Å². The van der Waals surface area contributed by atoms with Crippen LogP contribution in [0.2, 0.25) is 0 Å². The van der Waals surface area contributed by atoms with Gasteiger partial charge < -0.3 is 10.2 Å². The van der Waals surface area contributed by atoms with E-state index in [1.807, 2.05) is 0 Å². The monoisotopic (exact) mass is 370 g/mol. The lowest BCUT2D eigenvalue weighted by molar-refractivity contribution is -0.134. The quantitative estimate of drug-likeness (QED) is 0.879. The number of halogens is 2. The van der Waals surface area contributed by atoms with Crippen LogP contribution in [0, 0.1) is 5.82 Å². The number of carbonyl (C=O) groups excluding carboxylic acids is 3. The van der Waals surface area contributed by atoms with E-state index in [2.05, 4.69) is 21.2 Å². The van der Waals surface area contributed by atoms with Crippen molar-refractivity contribution in [2.45, 2.75) is 19.3 Å². The average molecular weight is 371 g/mol. The van der Waals surface area contributed by atoms with Gasteiger partial charge in [-0.25, -0.2) is 4.39 Å². The summed E-state index contributed by atoms with van der Waals surface area (Å²) in [6, 6.07) is 3.85. The van der Waals surface area contributed by atoms with E-state index in [1.165, 1.54) is 12.1 Å². The molecule has 2 rings (SSSR count). The van der Waals surface area contributed by atoms with Gasteiger partial charge in [-0.1, -0.05) is 0 Å². The number of nitrogens with one attached hydrogen (secondary N) is 1. The molecule has 1 aliphatic rings.